The summed E-state index contributed by atoms with van der Waals surface area (Å²) in [6, 6.07) is 2.10. The molecule has 90 valence electrons. The minimum Gasteiger partial charge on any atom is -0.468 e. The van der Waals surface area contributed by atoms with E-state index < -0.39 is 0 Å². The number of nitrogens with one attached hydrogen (secondary N) is 1. The van der Waals surface area contributed by atoms with Crippen molar-refractivity contribution in [1.82, 2.24) is 10.2 Å². The third kappa shape index (κ3) is 2.66. The van der Waals surface area contributed by atoms with Crippen molar-refractivity contribution < 1.29 is 4.42 Å². The molecule has 2 heterocycles. The highest BCUT2D eigenvalue weighted by Gasteiger charge is 2.29. The Balaban J connectivity index is 1.96. The first-order valence-corrected chi connectivity index (χ1v) is 6.03. The summed E-state index contributed by atoms with van der Waals surface area (Å²) in [5, 5.41) is 3.14. The highest BCUT2D eigenvalue weighted by molar-refractivity contribution is 5.17. The molecule has 0 unspecified atom stereocenters. The topological polar surface area (TPSA) is 28.4 Å². The van der Waals surface area contributed by atoms with E-state index in [1.165, 1.54) is 25.1 Å². The molecule has 3 nitrogen and oxygen atoms in total. The highest BCUT2D eigenvalue weighted by Crippen LogP contribution is 2.30. The van der Waals surface area contributed by atoms with E-state index in [4.69, 9.17) is 4.42 Å². The second-order valence-corrected chi connectivity index (χ2v) is 5.52. The first-order valence-electron chi connectivity index (χ1n) is 6.03. The molecule has 1 aliphatic rings. The third-order valence-electron chi connectivity index (χ3n) is 3.33. The van der Waals surface area contributed by atoms with Crippen LogP contribution in [0.3, 0.4) is 0 Å². The summed E-state index contributed by atoms with van der Waals surface area (Å²) in [5.41, 5.74) is 1.81. The van der Waals surface area contributed by atoms with Gasteiger partial charge >= 0.3 is 0 Å². The van der Waals surface area contributed by atoms with E-state index in [9.17, 15) is 0 Å². The van der Waals surface area contributed by atoms with Gasteiger partial charge in [0.25, 0.3) is 0 Å². The molecule has 1 saturated heterocycles. The molecule has 1 aliphatic heterocycles. The van der Waals surface area contributed by atoms with Gasteiger partial charge in [-0.15, -0.1) is 0 Å². The number of nitrogens with zero attached hydrogens (tertiary/aromatic N) is 1. The molecule has 16 heavy (non-hydrogen) atoms. The van der Waals surface area contributed by atoms with Crippen molar-refractivity contribution in [2.24, 2.45) is 5.41 Å². The predicted molar refractivity (Wildman–Crippen MR) is 65.1 cm³/mol. The molecule has 0 spiro atoms. The molecule has 0 bridgehead atoms. The summed E-state index contributed by atoms with van der Waals surface area (Å²) in [6.45, 7) is 8.93. The van der Waals surface area contributed by atoms with Gasteiger partial charge in [-0.05, 0) is 31.5 Å². The fourth-order valence-electron chi connectivity index (χ4n) is 2.42. The van der Waals surface area contributed by atoms with E-state index in [1.807, 2.05) is 7.05 Å². The van der Waals surface area contributed by atoms with Crippen LogP contribution in [0.1, 0.15) is 31.6 Å². The van der Waals surface area contributed by atoms with E-state index in [0.717, 1.165) is 18.8 Å². The summed E-state index contributed by atoms with van der Waals surface area (Å²) in [7, 11) is 1.95. The Kier molecular flexibility index (Phi) is 3.36. The largest absolute Gasteiger partial charge is 0.468 e. The SMILES string of the molecule is CNCc1occc1CN1CCC(C)(C)C1. The van der Waals surface area contributed by atoms with E-state index in [2.05, 4.69) is 30.1 Å². The molecule has 0 aliphatic carbocycles. The lowest BCUT2D eigenvalue weighted by molar-refractivity contribution is 0.282. The Bertz CT molecular complexity index is 343. The van der Waals surface area contributed by atoms with Crippen molar-refractivity contribution in [3.05, 3.63) is 23.7 Å². The summed E-state index contributed by atoms with van der Waals surface area (Å²) >= 11 is 0. The molecular weight excluding hydrogens is 200 g/mol. The average Bonchev–Trinajstić information content (AvgIpc) is 2.76. The lowest BCUT2D eigenvalue weighted by Crippen LogP contribution is -2.23. The second kappa shape index (κ2) is 4.60. The number of hydrogen-bond donors (Lipinski definition) is 1. The fraction of sp³-hybridized carbons (Fsp3) is 0.692. The molecule has 1 fully saturated rings. The van der Waals surface area contributed by atoms with E-state index >= 15 is 0 Å². The quantitative estimate of drug-likeness (QED) is 0.847. The minimum absolute atomic E-state index is 0.479. The van der Waals surface area contributed by atoms with Crippen LogP contribution in [0.25, 0.3) is 0 Å². The fourth-order valence-corrected chi connectivity index (χ4v) is 2.42. The Morgan fingerprint density at radius 1 is 1.50 bits per heavy atom. The molecule has 2 rings (SSSR count). The maximum absolute atomic E-state index is 5.48. The van der Waals surface area contributed by atoms with Gasteiger partial charge < -0.3 is 9.73 Å². The van der Waals surface area contributed by atoms with Crippen LogP contribution in [0.2, 0.25) is 0 Å². The zero-order valence-corrected chi connectivity index (χ0v) is 10.5. The predicted octanol–water partition coefficient (Wildman–Crippen LogP) is 2.23. The average molecular weight is 222 g/mol. The first-order chi connectivity index (χ1) is 7.61. The molecular formula is C13H22N2O. The molecule has 0 atom stereocenters. The Labute approximate surface area is 97.8 Å². The van der Waals surface area contributed by atoms with Crippen LogP contribution >= 0.6 is 0 Å². The molecule has 0 saturated carbocycles. The van der Waals surface area contributed by atoms with Crippen LogP contribution in [0.5, 0.6) is 0 Å². The van der Waals surface area contributed by atoms with Crippen LogP contribution in [0, 0.1) is 5.41 Å². The number of furan rings is 1. The van der Waals surface area contributed by atoms with Gasteiger partial charge in [-0.3, -0.25) is 4.90 Å². The van der Waals surface area contributed by atoms with E-state index in [-0.39, 0.29) is 0 Å². The molecule has 0 radical (unpaired) electrons. The van der Waals surface area contributed by atoms with Crippen molar-refractivity contribution in [2.45, 2.75) is 33.4 Å². The second-order valence-electron chi connectivity index (χ2n) is 5.52. The van der Waals surface area contributed by atoms with Gasteiger partial charge in [0, 0.05) is 18.7 Å². The van der Waals surface area contributed by atoms with Crippen molar-refractivity contribution in [3.8, 4) is 0 Å². The van der Waals surface area contributed by atoms with Crippen LogP contribution in [-0.4, -0.2) is 25.0 Å². The monoisotopic (exact) mass is 222 g/mol. The Morgan fingerprint density at radius 2 is 2.31 bits per heavy atom. The molecule has 1 N–H and O–H groups in total. The van der Waals surface area contributed by atoms with Crippen LogP contribution in [-0.2, 0) is 13.1 Å². The summed E-state index contributed by atoms with van der Waals surface area (Å²) in [6.07, 6.45) is 3.09. The van der Waals surface area contributed by atoms with Crippen molar-refractivity contribution in [1.29, 1.82) is 0 Å². The summed E-state index contributed by atoms with van der Waals surface area (Å²) in [4.78, 5) is 2.52. The number of likely N-dealkylation sites (tertiary alicyclic amines) is 1. The van der Waals surface area contributed by atoms with Gasteiger partial charge in [-0.2, -0.15) is 0 Å². The zero-order valence-electron chi connectivity index (χ0n) is 10.5. The Hall–Kier alpha value is -0.800. The maximum atomic E-state index is 5.48. The van der Waals surface area contributed by atoms with E-state index in [0.29, 0.717) is 5.41 Å². The molecule has 1 aromatic heterocycles. The zero-order chi connectivity index (χ0) is 11.6. The summed E-state index contributed by atoms with van der Waals surface area (Å²) in [5.74, 6) is 1.08. The minimum atomic E-state index is 0.479. The van der Waals surface area contributed by atoms with Gasteiger partial charge in [0.05, 0.1) is 12.8 Å². The maximum Gasteiger partial charge on any atom is 0.122 e. The lowest BCUT2D eigenvalue weighted by Gasteiger charge is -2.19. The Morgan fingerprint density at radius 3 is 2.94 bits per heavy atom. The highest BCUT2D eigenvalue weighted by atomic mass is 16.3. The smallest absolute Gasteiger partial charge is 0.122 e. The van der Waals surface area contributed by atoms with Crippen molar-refractivity contribution in [3.63, 3.8) is 0 Å². The lowest BCUT2D eigenvalue weighted by atomic mass is 9.93. The number of rotatable bonds is 4. The van der Waals surface area contributed by atoms with Crippen molar-refractivity contribution >= 4 is 0 Å². The molecule has 0 aromatic carbocycles. The number of hydrogen-bond acceptors (Lipinski definition) is 3. The molecule has 0 amide bonds. The van der Waals surface area contributed by atoms with Gasteiger partial charge in [-0.25, -0.2) is 0 Å². The van der Waals surface area contributed by atoms with Gasteiger partial charge in [0.15, 0.2) is 0 Å². The summed E-state index contributed by atoms with van der Waals surface area (Å²) < 4.78 is 5.48. The molecule has 3 heteroatoms. The normalized spacial score (nSPS) is 20.4. The first kappa shape index (κ1) is 11.7. The van der Waals surface area contributed by atoms with Gasteiger partial charge in [-0.1, -0.05) is 13.8 Å². The van der Waals surface area contributed by atoms with Crippen LogP contribution in [0.15, 0.2) is 16.7 Å². The van der Waals surface area contributed by atoms with Gasteiger partial charge in [0.1, 0.15) is 5.76 Å². The molecule has 1 aromatic rings. The van der Waals surface area contributed by atoms with E-state index in [1.54, 1.807) is 6.26 Å². The third-order valence-corrected chi connectivity index (χ3v) is 3.33. The van der Waals surface area contributed by atoms with Crippen LogP contribution < -0.4 is 5.32 Å². The standard InChI is InChI=1S/C13H22N2O/c1-13(2)5-6-15(10-13)9-11-4-7-16-12(11)8-14-3/h4,7,14H,5-6,8-10H2,1-3H3. The van der Waals surface area contributed by atoms with Crippen LogP contribution in [0.4, 0.5) is 0 Å². The van der Waals surface area contributed by atoms with Gasteiger partial charge in [0.2, 0.25) is 0 Å². The van der Waals surface area contributed by atoms with Crippen molar-refractivity contribution in [2.75, 3.05) is 20.1 Å².